The van der Waals surface area contributed by atoms with E-state index in [1.807, 2.05) is 0 Å². The molecule has 0 spiro atoms. The van der Waals surface area contributed by atoms with Crippen LogP contribution in [0.5, 0.6) is 0 Å². The molecule has 1 heterocycles. The largest absolute Gasteiger partial charge is 0.236 e. The number of aromatic nitrogens is 2. The highest BCUT2D eigenvalue weighted by Gasteiger charge is 2.30. The van der Waals surface area contributed by atoms with E-state index in [0.29, 0.717) is 17.0 Å². The van der Waals surface area contributed by atoms with Crippen LogP contribution in [0.1, 0.15) is 81.1 Å². The lowest BCUT2D eigenvalue weighted by Crippen LogP contribution is -2.10. The van der Waals surface area contributed by atoms with Gasteiger partial charge in [0.15, 0.2) is 0 Å². The van der Waals surface area contributed by atoms with E-state index < -0.39 is 0 Å². The molecule has 2 saturated carbocycles. The Morgan fingerprint density at radius 1 is 0.842 bits per heavy atom. The molecule has 0 radical (unpaired) electrons. The third-order valence-electron chi connectivity index (χ3n) is 4.29. The van der Waals surface area contributed by atoms with E-state index in [2.05, 4.69) is 27.6 Å². The van der Waals surface area contributed by atoms with Crippen molar-refractivity contribution in [2.24, 2.45) is 0 Å². The highest BCUT2D eigenvalue weighted by atomic mass is 127. The summed E-state index contributed by atoms with van der Waals surface area (Å²) in [6, 6.07) is 0. The first-order valence-corrected chi connectivity index (χ1v) is 8.94. The van der Waals surface area contributed by atoms with Crippen LogP contribution in [0, 0.1) is 3.57 Å². The quantitative estimate of drug-likeness (QED) is 0.496. The minimum atomic E-state index is 0.535. The Balaban J connectivity index is 1.86. The molecule has 4 heteroatoms. The Kier molecular flexibility index (Phi) is 4.62. The van der Waals surface area contributed by atoms with Gasteiger partial charge >= 0.3 is 0 Å². The van der Waals surface area contributed by atoms with Crippen molar-refractivity contribution in [3.63, 3.8) is 0 Å². The third kappa shape index (κ3) is 3.41. The molecule has 1 aromatic rings. The van der Waals surface area contributed by atoms with Gasteiger partial charge < -0.3 is 0 Å². The summed E-state index contributed by atoms with van der Waals surface area (Å²) in [5.74, 6) is 2.21. The summed E-state index contributed by atoms with van der Waals surface area (Å²) in [4.78, 5) is 9.47. The summed E-state index contributed by atoms with van der Waals surface area (Å²) >= 11 is 8.63. The van der Waals surface area contributed by atoms with Crippen LogP contribution in [-0.2, 0) is 0 Å². The van der Waals surface area contributed by atoms with Crippen LogP contribution in [0.4, 0.5) is 0 Å². The number of nitrogens with zero attached hydrogens (tertiary/aromatic N) is 2. The van der Waals surface area contributed by atoms with Crippen molar-refractivity contribution < 1.29 is 0 Å². The lowest BCUT2D eigenvalue weighted by molar-refractivity contribution is 0.441. The maximum absolute atomic E-state index is 6.32. The van der Waals surface area contributed by atoms with E-state index in [0.717, 1.165) is 9.39 Å². The second-order valence-corrected chi connectivity index (χ2v) is 7.32. The standard InChI is InChI=1S/C15H20ClIN2/c16-14-12(17)13(10-8-9-10)18-15(19-14)11-6-4-2-1-3-5-7-11/h10-11H,1-9H2. The molecule has 1 aromatic heterocycles. The monoisotopic (exact) mass is 390 g/mol. The molecule has 0 N–H and O–H groups in total. The zero-order valence-corrected chi connectivity index (χ0v) is 14.1. The second-order valence-electron chi connectivity index (χ2n) is 5.89. The molecular formula is C15H20ClIN2. The minimum Gasteiger partial charge on any atom is -0.236 e. The average Bonchev–Trinajstić information content (AvgIpc) is 3.16. The van der Waals surface area contributed by atoms with Crippen molar-refractivity contribution in [2.45, 2.75) is 69.6 Å². The molecule has 0 atom stereocenters. The molecule has 0 saturated heterocycles. The van der Waals surface area contributed by atoms with Crippen LogP contribution in [0.3, 0.4) is 0 Å². The van der Waals surface area contributed by atoms with Crippen molar-refractivity contribution in [2.75, 3.05) is 0 Å². The molecule has 0 aliphatic heterocycles. The molecule has 3 rings (SSSR count). The van der Waals surface area contributed by atoms with Gasteiger partial charge in [-0.3, -0.25) is 0 Å². The summed E-state index contributed by atoms with van der Waals surface area (Å²) in [6.07, 6.45) is 11.8. The van der Waals surface area contributed by atoms with Gasteiger partial charge in [0.1, 0.15) is 11.0 Å². The number of rotatable bonds is 2. The molecule has 0 bridgehead atoms. The maximum atomic E-state index is 6.32. The fourth-order valence-corrected chi connectivity index (χ4v) is 3.84. The molecule has 0 amide bonds. The number of hydrogen-bond acceptors (Lipinski definition) is 2. The van der Waals surface area contributed by atoms with E-state index in [9.17, 15) is 0 Å². The summed E-state index contributed by atoms with van der Waals surface area (Å²) in [7, 11) is 0. The molecule has 19 heavy (non-hydrogen) atoms. The number of halogens is 2. The van der Waals surface area contributed by atoms with E-state index in [4.69, 9.17) is 16.6 Å². The van der Waals surface area contributed by atoms with Gasteiger partial charge in [0.2, 0.25) is 0 Å². The first-order chi connectivity index (χ1) is 9.25. The van der Waals surface area contributed by atoms with Gasteiger partial charge in [0.05, 0.1) is 9.26 Å². The maximum Gasteiger partial charge on any atom is 0.146 e. The third-order valence-corrected chi connectivity index (χ3v) is 5.94. The zero-order valence-electron chi connectivity index (χ0n) is 11.2. The summed E-state index contributed by atoms with van der Waals surface area (Å²) in [5, 5.41) is 0.676. The van der Waals surface area contributed by atoms with Crippen molar-refractivity contribution in [3.8, 4) is 0 Å². The van der Waals surface area contributed by atoms with E-state index in [1.54, 1.807) is 0 Å². The summed E-state index contributed by atoms with van der Waals surface area (Å²) in [6.45, 7) is 0. The fraction of sp³-hybridized carbons (Fsp3) is 0.733. The Bertz CT molecular complexity index is 452. The van der Waals surface area contributed by atoms with Gasteiger partial charge in [-0.05, 0) is 48.3 Å². The lowest BCUT2D eigenvalue weighted by atomic mass is 9.90. The van der Waals surface area contributed by atoms with Crippen LogP contribution in [0.25, 0.3) is 0 Å². The second kappa shape index (κ2) is 6.25. The molecule has 2 aliphatic rings. The first kappa shape index (κ1) is 14.1. The Morgan fingerprint density at radius 3 is 2.11 bits per heavy atom. The van der Waals surface area contributed by atoms with Gasteiger partial charge in [-0.2, -0.15) is 0 Å². The normalized spacial score (nSPS) is 22.0. The topological polar surface area (TPSA) is 25.8 Å². The van der Waals surface area contributed by atoms with E-state index in [1.165, 1.54) is 63.5 Å². The highest BCUT2D eigenvalue weighted by molar-refractivity contribution is 14.1. The first-order valence-electron chi connectivity index (χ1n) is 7.48. The van der Waals surface area contributed by atoms with Gasteiger partial charge in [-0.15, -0.1) is 0 Å². The highest BCUT2D eigenvalue weighted by Crippen LogP contribution is 2.43. The Morgan fingerprint density at radius 2 is 1.47 bits per heavy atom. The molecule has 0 aromatic carbocycles. The van der Waals surface area contributed by atoms with Crippen LogP contribution in [0.15, 0.2) is 0 Å². The van der Waals surface area contributed by atoms with Gasteiger partial charge in [0, 0.05) is 11.8 Å². The van der Waals surface area contributed by atoms with Crippen LogP contribution >= 0.6 is 34.2 Å². The molecule has 2 aliphatic carbocycles. The summed E-state index contributed by atoms with van der Waals surface area (Å²) < 4.78 is 1.08. The van der Waals surface area contributed by atoms with Crippen molar-refractivity contribution in [3.05, 3.63) is 20.2 Å². The van der Waals surface area contributed by atoms with E-state index >= 15 is 0 Å². The van der Waals surface area contributed by atoms with E-state index in [-0.39, 0.29) is 0 Å². The zero-order chi connectivity index (χ0) is 13.2. The summed E-state index contributed by atoms with van der Waals surface area (Å²) in [5.41, 5.74) is 1.22. The van der Waals surface area contributed by atoms with Crippen molar-refractivity contribution in [1.29, 1.82) is 0 Å². The average molecular weight is 391 g/mol. The lowest BCUT2D eigenvalue weighted by Gasteiger charge is -2.19. The van der Waals surface area contributed by atoms with Crippen molar-refractivity contribution >= 4 is 34.2 Å². The van der Waals surface area contributed by atoms with Crippen LogP contribution in [-0.4, -0.2) is 9.97 Å². The van der Waals surface area contributed by atoms with Gasteiger partial charge in [0.25, 0.3) is 0 Å². The molecular weight excluding hydrogens is 371 g/mol. The van der Waals surface area contributed by atoms with Gasteiger partial charge in [-0.1, -0.05) is 43.7 Å². The molecule has 104 valence electrons. The van der Waals surface area contributed by atoms with Crippen molar-refractivity contribution in [1.82, 2.24) is 9.97 Å². The fourth-order valence-electron chi connectivity index (χ4n) is 2.98. The number of hydrogen-bond donors (Lipinski definition) is 0. The van der Waals surface area contributed by atoms with Crippen LogP contribution < -0.4 is 0 Å². The molecule has 2 nitrogen and oxygen atoms in total. The van der Waals surface area contributed by atoms with Crippen LogP contribution in [0.2, 0.25) is 5.15 Å². The molecule has 2 fully saturated rings. The molecule has 0 unspecified atom stereocenters. The SMILES string of the molecule is Clc1nc(C2CCCCCCC2)nc(C2CC2)c1I. The van der Waals surface area contributed by atoms with Gasteiger partial charge in [-0.25, -0.2) is 9.97 Å². The Hall–Kier alpha value is 0.100. The Labute approximate surface area is 133 Å². The predicted octanol–water partition coefficient (Wildman–Crippen LogP) is 5.44. The smallest absolute Gasteiger partial charge is 0.146 e. The predicted molar refractivity (Wildman–Crippen MR) is 86.8 cm³/mol. The minimum absolute atomic E-state index is 0.535.